The summed E-state index contributed by atoms with van der Waals surface area (Å²) >= 11 is 0. The molecule has 26 heavy (non-hydrogen) atoms. The lowest BCUT2D eigenvalue weighted by atomic mass is 9.95. The van der Waals surface area contributed by atoms with Crippen LogP contribution >= 0.6 is 0 Å². The van der Waals surface area contributed by atoms with Crippen molar-refractivity contribution in [1.82, 2.24) is 4.90 Å². The van der Waals surface area contributed by atoms with Gasteiger partial charge in [-0.15, -0.1) is 0 Å². The second-order valence-electron chi connectivity index (χ2n) is 7.82. The van der Waals surface area contributed by atoms with Gasteiger partial charge in [0.05, 0.1) is 6.10 Å². The average molecular weight is 343 g/mol. The lowest BCUT2D eigenvalue weighted by molar-refractivity contribution is 0.0792. The van der Waals surface area contributed by atoms with Crippen molar-refractivity contribution in [2.24, 2.45) is 0 Å². The number of aliphatic hydroxyl groups is 1. The molecule has 1 saturated heterocycles. The van der Waals surface area contributed by atoms with Gasteiger partial charge in [0.2, 0.25) is 0 Å². The van der Waals surface area contributed by atoms with Crippen LogP contribution in [0, 0.1) is 0 Å². The van der Waals surface area contributed by atoms with Crippen LogP contribution in [-0.4, -0.2) is 29.2 Å². The van der Waals surface area contributed by atoms with Crippen LogP contribution in [0.15, 0.2) is 54.6 Å². The van der Waals surface area contributed by atoms with Crippen LogP contribution in [0.5, 0.6) is 0 Å². The molecule has 1 aliphatic heterocycles. The molecule has 132 valence electrons. The zero-order valence-corrected chi connectivity index (χ0v) is 15.1. The Kier molecular flexibility index (Phi) is 4.03. The number of aryl methyl sites for hydroxylation is 2. The Bertz CT molecular complexity index is 926. The van der Waals surface area contributed by atoms with Gasteiger partial charge in [-0.3, -0.25) is 4.90 Å². The van der Waals surface area contributed by atoms with E-state index >= 15 is 0 Å². The Balaban J connectivity index is 1.42. The molecule has 0 saturated carbocycles. The molecule has 1 N–H and O–H groups in total. The normalized spacial score (nSPS) is 17.9. The first-order chi connectivity index (χ1) is 12.8. The summed E-state index contributed by atoms with van der Waals surface area (Å²) in [6.07, 6.45) is 4.06. The molecule has 0 bridgehead atoms. The Hall–Kier alpha value is -2.16. The van der Waals surface area contributed by atoms with Crippen LogP contribution in [0.25, 0.3) is 21.9 Å². The zero-order valence-electron chi connectivity index (χ0n) is 15.1. The van der Waals surface area contributed by atoms with Crippen molar-refractivity contribution < 1.29 is 5.11 Å². The third kappa shape index (κ3) is 2.84. The molecule has 0 atom stereocenters. The summed E-state index contributed by atoms with van der Waals surface area (Å²) in [5.74, 6) is 0. The number of likely N-dealkylation sites (tertiary alicyclic amines) is 1. The van der Waals surface area contributed by atoms with Crippen LogP contribution in [0.1, 0.15) is 29.5 Å². The minimum atomic E-state index is -0.0996. The maximum absolute atomic E-state index is 9.66. The predicted octanol–water partition coefficient (Wildman–Crippen LogP) is 4.56. The van der Waals surface area contributed by atoms with Crippen molar-refractivity contribution >= 4 is 10.8 Å². The van der Waals surface area contributed by atoms with E-state index in [-0.39, 0.29) is 6.10 Å². The molecule has 0 radical (unpaired) electrons. The Labute approximate surface area is 155 Å². The monoisotopic (exact) mass is 343 g/mol. The average Bonchev–Trinajstić information content (AvgIpc) is 3.10. The van der Waals surface area contributed by atoms with E-state index in [0.717, 1.165) is 32.5 Å². The van der Waals surface area contributed by atoms with Gasteiger partial charge >= 0.3 is 0 Å². The highest BCUT2D eigenvalue weighted by Gasteiger charge is 2.18. The van der Waals surface area contributed by atoms with E-state index < -0.39 is 0 Å². The minimum absolute atomic E-state index is 0.0996. The van der Waals surface area contributed by atoms with Crippen LogP contribution in [0.3, 0.4) is 0 Å². The minimum Gasteiger partial charge on any atom is -0.393 e. The smallest absolute Gasteiger partial charge is 0.0564 e. The highest BCUT2D eigenvalue weighted by Crippen LogP contribution is 2.37. The first kappa shape index (κ1) is 16.0. The fourth-order valence-electron chi connectivity index (χ4n) is 4.62. The molecule has 1 fully saturated rings. The van der Waals surface area contributed by atoms with Gasteiger partial charge in [-0.2, -0.15) is 0 Å². The molecule has 0 unspecified atom stereocenters. The van der Waals surface area contributed by atoms with Crippen LogP contribution in [0.2, 0.25) is 0 Å². The number of piperidine rings is 1. The van der Waals surface area contributed by atoms with Crippen molar-refractivity contribution in [1.29, 1.82) is 0 Å². The summed E-state index contributed by atoms with van der Waals surface area (Å²) in [7, 11) is 0. The SMILES string of the molecule is OC1CCN(Cc2ccc(-c3ccc4c5c(cccc35)CC4)cc2)CC1. The van der Waals surface area contributed by atoms with Gasteiger partial charge in [-0.05, 0) is 64.3 Å². The van der Waals surface area contributed by atoms with E-state index in [1.165, 1.54) is 51.4 Å². The number of rotatable bonds is 3. The fourth-order valence-corrected chi connectivity index (χ4v) is 4.62. The second kappa shape index (κ2) is 6.53. The molecule has 5 rings (SSSR count). The summed E-state index contributed by atoms with van der Waals surface area (Å²) in [5.41, 5.74) is 7.01. The van der Waals surface area contributed by atoms with E-state index in [1.807, 2.05) is 0 Å². The number of hydrogen-bond acceptors (Lipinski definition) is 2. The van der Waals surface area contributed by atoms with E-state index in [2.05, 4.69) is 59.5 Å². The third-order valence-corrected chi connectivity index (χ3v) is 6.11. The van der Waals surface area contributed by atoms with E-state index in [0.29, 0.717) is 0 Å². The first-order valence-corrected chi connectivity index (χ1v) is 9.81. The lowest BCUT2D eigenvalue weighted by Gasteiger charge is -2.29. The van der Waals surface area contributed by atoms with E-state index in [4.69, 9.17) is 0 Å². The second-order valence-corrected chi connectivity index (χ2v) is 7.82. The third-order valence-electron chi connectivity index (χ3n) is 6.11. The number of hydrogen-bond donors (Lipinski definition) is 1. The van der Waals surface area contributed by atoms with Gasteiger partial charge in [0.1, 0.15) is 0 Å². The van der Waals surface area contributed by atoms with E-state index in [1.54, 1.807) is 0 Å². The fraction of sp³-hybridized carbons (Fsp3) is 0.333. The van der Waals surface area contributed by atoms with Gasteiger partial charge in [0.15, 0.2) is 0 Å². The standard InChI is InChI=1S/C24H25NO/c26-21-12-14-25(15-13-21)16-17-4-6-18(7-5-17)22-11-10-20-9-8-19-2-1-3-23(22)24(19)20/h1-7,10-11,21,26H,8-9,12-16H2. The molecule has 2 heteroatoms. The summed E-state index contributed by atoms with van der Waals surface area (Å²) in [4.78, 5) is 2.45. The van der Waals surface area contributed by atoms with E-state index in [9.17, 15) is 5.11 Å². The van der Waals surface area contributed by atoms with Gasteiger partial charge in [0, 0.05) is 19.6 Å². The Morgan fingerprint density at radius 3 is 2.35 bits per heavy atom. The molecule has 0 aromatic heterocycles. The van der Waals surface area contributed by atoms with Crippen molar-refractivity contribution in [3.8, 4) is 11.1 Å². The van der Waals surface area contributed by atoms with Gasteiger partial charge in [0.25, 0.3) is 0 Å². The Morgan fingerprint density at radius 1 is 0.846 bits per heavy atom. The van der Waals surface area contributed by atoms with Crippen LogP contribution in [-0.2, 0) is 19.4 Å². The predicted molar refractivity (Wildman–Crippen MR) is 107 cm³/mol. The first-order valence-electron chi connectivity index (χ1n) is 9.81. The van der Waals surface area contributed by atoms with Gasteiger partial charge in [-0.25, -0.2) is 0 Å². The maximum Gasteiger partial charge on any atom is 0.0564 e. The summed E-state index contributed by atoms with van der Waals surface area (Å²) < 4.78 is 0. The molecular formula is C24H25NO. The number of aliphatic hydroxyl groups excluding tert-OH is 1. The highest BCUT2D eigenvalue weighted by molar-refractivity contribution is 6.01. The van der Waals surface area contributed by atoms with Crippen LogP contribution in [0.4, 0.5) is 0 Å². The summed E-state index contributed by atoms with van der Waals surface area (Å²) in [6.45, 7) is 2.98. The molecule has 3 aromatic rings. The van der Waals surface area contributed by atoms with Crippen molar-refractivity contribution in [3.05, 3.63) is 71.3 Å². The van der Waals surface area contributed by atoms with Gasteiger partial charge in [-0.1, -0.05) is 54.6 Å². The highest BCUT2D eigenvalue weighted by atomic mass is 16.3. The largest absolute Gasteiger partial charge is 0.393 e. The molecule has 2 aliphatic rings. The maximum atomic E-state index is 9.66. The molecule has 1 heterocycles. The topological polar surface area (TPSA) is 23.5 Å². The van der Waals surface area contributed by atoms with Crippen LogP contribution < -0.4 is 0 Å². The summed E-state index contributed by atoms with van der Waals surface area (Å²) in [6, 6.07) is 20.5. The number of nitrogens with zero attached hydrogens (tertiary/aromatic N) is 1. The molecule has 0 spiro atoms. The number of benzene rings is 3. The molecule has 1 aliphatic carbocycles. The van der Waals surface area contributed by atoms with Crippen molar-refractivity contribution in [3.63, 3.8) is 0 Å². The molecule has 3 aromatic carbocycles. The zero-order chi connectivity index (χ0) is 17.5. The lowest BCUT2D eigenvalue weighted by Crippen LogP contribution is -2.35. The van der Waals surface area contributed by atoms with Crippen molar-refractivity contribution in [2.75, 3.05) is 13.1 Å². The molecule has 0 amide bonds. The molecule has 2 nitrogen and oxygen atoms in total. The molecular weight excluding hydrogens is 318 g/mol. The summed E-state index contributed by atoms with van der Waals surface area (Å²) in [5, 5.41) is 12.5. The van der Waals surface area contributed by atoms with Gasteiger partial charge < -0.3 is 5.11 Å². The Morgan fingerprint density at radius 2 is 1.58 bits per heavy atom. The van der Waals surface area contributed by atoms with Crippen molar-refractivity contribution in [2.45, 2.75) is 38.3 Å². The quantitative estimate of drug-likeness (QED) is 0.753.